The Balaban J connectivity index is 2.29. The van der Waals surface area contributed by atoms with E-state index < -0.39 is 29.7 Å². The van der Waals surface area contributed by atoms with Gasteiger partial charge in [0.2, 0.25) is 0 Å². The van der Waals surface area contributed by atoms with Gasteiger partial charge in [0.05, 0.1) is 11.1 Å². The van der Waals surface area contributed by atoms with Crippen molar-refractivity contribution in [3.63, 3.8) is 0 Å². The van der Waals surface area contributed by atoms with Crippen molar-refractivity contribution in [3.8, 4) is 11.5 Å². The molecular formula is C18H17F3O4. The molecule has 1 unspecified atom stereocenters. The largest absolute Gasteiger partial charge is 0.465 e. The van der Waals surface area contributed by atoms with Gasteiger partial charge in [-0.2, -0.15) is 13.2 Å². The van der Waals surface area contributed by atoms with Gasteiger partial charge < -0.3 is 14.2 Å². The summed E-state index contributed by atoms with van der Waals surface area (Å²) >= 11 is 0. The Labute approximate surface area is 143 Å². The average molecular weight is 354 g/mol. The molecule has 0 aromatic heterocycles. The number of hydrogen-bond donors (Lipinski definition) is 0. The average Bonchev–Trinajstić information content (AvgIpc) is 2.55. The van der Waals surface area contributed by atoms with Crippen molar-refractivity contribution >= 4 is 5.97 Å². The van der Waals surface area contributed by atoms with E-state index in [4.69, 9.17) is 14.2 Å². The van der Waals surface area contributed by atoms with Crippen molar-refractivity contribution in [2.75, 3.05) is 6.61 Å². The number of halogens is 3. The molecule has 0 saturated carbocycles. The number of carbonyl (C=O) groups excluding carboxylic acids is 1. The smallest absolute Gasteiger partial charge is 0.419 e. The molecule has 0 spiro atoms. The van der Waals surface area contributed by atoms with Crippen LogP contribution in [-0.2, 0) is 10.9 Å². The Bertz CT molecular complexity index is 714. The van der Waals surface area contributed by atoms with Gasteiger partial charge in [0.15, 0.2) is 6.29 Å². The van der Waals surface area contributed by atoms with Gasteiger partial charge in [0.25, 0.3) is 0 Å². The van der Waals surface area contributed by atoms with Crippen LogP contribution in [0.4, 0.5) is 13.2 Å². The van der Waals surface area contributed by atoms with Crippen LogP contribution in [0.2, 0.25) is 0 Å². The summed E-state index contributed by atoms with van der Waals surface area (Å²) in [5, 5.41) is 0. The van der Waals surface area contributed by atoms with Crippen LogP contribution in [-0.4, -0.2) is 18.9 Å². The van der Waals surface area contributed by atoms with E-state index in [1.54, 1.807) is 37.3 Å². The van der Waals surface area contributed by atoms with Crippen LogP contribution in [0, 0.1) is 0 Å². The topological polar surface area (TPSA) is 44.8 Å². The van der Waals surface area contributed by atoms with Crippen LogP contribution in [0.25, 0.3) is 0 Å². The Morgan fingerprint density at radius 1 is 1.12 bits per heavy atom. The molecule has 0 aliphatic carbocycles. The maximum absolute atomic E-state index is 13.1. The van der Waals surface area contributed by atoms with E-state index >= 15 is 0 Å². The lowest BCUT2D eigenvalue weighted by molar-refractivity contribution is -0.141. The zero-order valence-corrected chi connectivity index (χ0v) is 13.7. The SMILES string of the molecule is CCOC(C)Oc1cc(C(=O)Oc2ccccc2)ccc1C(F)(F)F. The van der Waals surface area contributed by atoms with Gasteiger partial charge in [0, 0.05) is 6.61 Å². The molecule has 2 aromatic carbocycles. The second-order valence-corrected chi connectivity index (χ2v) is 5.05. The Morgan fingerprint density at radius 3 is 2.40 bits per heavy atom. The molecule has 0 amide bonds. The highest BCUT2D eigenvalue weighted by molar-refractivity contribution is 5.91. The Hall–Kier alpha value is -2.54. The molecule has 1 atom stereocenters. The molecule has 0 bridgehead atoms. The van der Waals surface area contributed by atoms with Crippen molar-refractivity contribution in [1.82, 2.24) is 0 Å². The minimum Gasteiger partial charge on any atom is -0.465 e. The molecule has 25 heavy (non-hydrogen) atoms. The number of ether oxygens (including phenoxy) is 3. The third kappa shape index (κ3) is 5.22. The van der Waals surface area contributed by atoms with E-state index in [1.165, 1.54) is 6.92 Å². The van der Waals surface area contributed by atoms with Gasteiger partial charge >= 0.3 is 12.1 Å². The third-order valence-corrected chi connectivity index (χ3v) is 3.17. The quantitative estimate of drug-likeness (QED) is 0.429. The molecular weight excluding hydrogens is 337 g/mol. The standard InChI is InChI=1S/C18H17F3O4/c1-3-23-12(2)24-16-11-13(9-10-15(16)18(19,20)21)17(22)25-14-7-5-4-6-8-14/h4-12H,3H2,1-2H3. The van der Waals surface area contributed by atoms with Crippen LogP contribution < -0.4 is 9.47 Å². The predicted octanol–water partition coefficient (Wildman–Crippen LogP) is 4.69. The summed E-state index contributed by atoms with van der Waals surface area (Å²) in [6.45, 7) is 3.44. The van der Waals surface area contributed by atoms with Crippen molar-refractivity contribution in [2.45, 2.75) is 26.3 Å². The molecule has 0 aliphatic rings. The highest BCUT2D eigenvalue weighted by Crippen LogP contribution is 2.37. The number of benzene rings is 2. The first-order valence-corrected chi connectivity index (χ1v) is 7.58. The van der Waals surface area contributed by atoms with E-state index in [-0.39, 0.29) is 17.9 Å². The maximum atomic E-state index is 13.1. The van der Waals surface area contributed by atoms with E-state index in [0.717, 1.165) is 18.2 Å². The van der Waals surface area contributed by atoms with Crippen molar-refractivity contribution < 1.29 is 32.2 Å². The summed E-state index contributed by atoms with van der Waals surface area (Å²) in [5.74, 6) is -0.984. The molecule has 0 fully saturated rings. The summed E-state index contributed by atoms with van der Waals surface area (Å²) in [7, 11) is 0. The van der Waals surface area contributed by atoms with E-state index in [9.17, 15) is 18.0 Å². The number of esters is 1. The minimum absolute atomic E-state index is 0.0597. The highest BCUT2D eigenvalue weighted by atomic mass is 19.4. The van der Waals surface area contributed by atoms with Gasteiger partial charge in [-0.25, -0.2) is 4.79 Å². The molecule has 0 N–H and O–H groups in total. The molecule has 134 valence electrons. The number of para-hydroxylation sites is 1. The number of carbonyl (C=O) groups is 1. The van der Waals surface area contributed by atoms with Gasteiger partial charge in [-0.15, -0.1) is 0 Å². The van der Waals surface area contributed by atoms with Crippen molar-refractivity contribution in [1.29, 1.82) is 0 Å². The zero-order chi connectivity index (χ0) is 18.4. The number of hydrogen-bond acceptors (Lipinski definition) is 4. The fourth-order valence-corrected chi connectivity index (χ4v) is 2.08. The first-order valence-electron chi connectivity index (χ1n) is 7.58. The molecule has 4 nitrogen and oxygen atoms in total. The lowest BCUT2D eigenvalue weighted by atomic mass is 10.1. The molecule has 2 rings (SSSR count). The fourth-order valence-electron chi connectivity index (χ4n) is 2.08. The van der Waals surface area contributed by atoms with E-state index in [0.29, 0.717) is 0 Å². The minimum atomic E-state index is -4.62. The Kier molecular flexibility index (Phi) is 6.03. The highest BCUT2D eigenvalue weighted by Gasteiger charge is 2.35. The summed E-state index contributed by atoms with van der Waals surface area (Å²) in [4.78, 5) is 12.1. The molecule has 7 heteroatoms. The van der Waals surface area contributed by atoms with Crippen LogP contribution >= 0.6 is 0 Å². The monoisotopic (exact) mass is 354 g/mol. The molecule has 0 heterocycles. The van der Waals surface area contributed by atoms with Crippen LogP contribution in [0.5, 0.6) is 11.5 Å². The summed E-state index contributed by atoms with van der Waals surface area (Å²) in [6, 6.07) is 11.1. The lowest BCUT2D eigenvalue weighted by Crippen LogP contribution is -2.19. The van der Waals surface area contributed by atoms with Crippen molar-refractivity contribution in [3.05, 3.63) is 59.7 Å². The Morgan fingerprint density at radius 2 is 1.80 bits per heavy atom. The van der Waals surface area contributed by atoms with Crippen LogP contribution in [0.1, 0.15) is 29.8 Å². The van der Waals surface area contributed by atoms with E-state index in [2.05, 4.69) is 0 Å². The molecule has 0 saturated heterocycles. The fraction of sp³-hybridized carbons (Fsp3) is 0.278. The van der Waals surface area contributed by atoms with Crippen molar-refractivity contribution in [2.24, 2.45) is 0 Å². The lowest BCUT2D eigenvalue weighted by Gasteiger charge is -2.19. The molecule has 0 radical (unpaired) electrons. The normalized spacial score (nSPS) is 12.5. The van der Waals surface area contributed by atoms with Gasteiger partial charge in [0.1, 0.15) is 11.5 Å². The van der Waals surface area contributed by atoms with Gasteiger partial charge in [-0.3, -0.25) is 0 Å². The molecule has 0 aliphatic heterocycles. The summed E-state index contributed by atoms with van der Waals surface area (Å²) in [6.07, 6.45) is -5.52. The molecule has 2 aromatic rings. The van der Waals surface area contributed by atoms with E-state index in [1.807, 2.05) is 0 Å². The zero-order valence-electron chi connectivity index (χ0n) is 13.7. The predicted molar refractivity (Wildman–Crippen MR) is 84.6 cm³/mol. The number of alkyl halides is 3. The van der Waals surface area contributed by atoms with Crippen LogP contribution in [0.15, 0.2) is 48.5 Å². The second-order valence-electron chi connectivity index (χ2n) is 5.05. The summed E-state index contributed by atoms with van der Waals surface area (Å²) in [5.41, 5.74) is -1.05. The van der Waals surface area contributed by atoms with Gasteiger partial charge in [-0.1, -0.05) is 18.2 Å². The maximum Gasteiger partial charge on any atom is 0.419 e. The van der Waals surface area contributed by atoms with Gasteiger partial charge in [-0.05, 0) is 44.2 Å². The third-order valence-electron chi connectivity index (χ3n) is 3.17. The summed E-state index contributed by atoms with van der Waals surface area (Å²) < 4.78 is 54.8. The first kappa shape index (κ1) is 18.8. The number of rotatable bonds is 6. The van der Waals surface area contributed by atoms with Crippen LogP contribution in [0.3, 0.4) is 0 Å². The first-order chi connectivity index (χ1) is 11.8. The second kappa shape index (κ2) is 8.02.